The fourth-order valence-electron chi connectivity index (χ4n) is 4.58. The number of aromatic hydroxyl groups is 1. The molecule has 0 bridgehead atoms. The summed E-state index contributed by atoms with van der Waals surface area (Å²) in [5.41, 5.74) is -1.60. The summed E-state index contributed by atoms with van der Waals surface area (Å²) in [5, 5.41) is 12.9. The fraction of sp³-hybridized carbons (Fsp3) is 0.409. The van der Waals surface area contributed by atoms with E-state index in [1.807, 2.05) is 6.92 Å². The Labute approximate surface area is 181 Å². The molecular formula is C22H21F2N3O5. The Morgan fingerprint density at radius 2 is 2.06 bits per heavy atom. The number of amides is 2. The standard InChI is InChI=1S/C22H21F2N3O5/c1-11-22(4-5-22)10-32-16-9-26-8-14(18(28)19(29)17(26)21(31)27(11)16)20(30)25-7-12-2-3-13(23)6-15(12)24/h2-3,6,8,11,16,29H,4-5,7,9-10H2,1H3,(H,25,30)/t11-,16+/m1/s1. The number of nitrogens with zero attached hydrogens (tertiary/aromatic N) is 2. The molecular weight excluding hydrogens is 424 g/mol. The number of nitrogens with one attached hydrogen (secondary N) is 1. The van der Waals surface area contributed by atoms with Gasteiger partial charge < -0.3 is 24.6 Å². The lowest BCUT2D eigenvalue weighted by Gasteiger charge is -2.48. The minimum atomic E-state index is -0.994. The van der Waals surface area contributed by atoms with Crippen LogP contribution in [0.2, 0.25) is 0 Å². The summed E-state index contributed by atoms with van der Waals surface area (Å²) in [7, 11) is 0. The zero-order valence-corrected chi connectivity index (χ0v) is 17.2. The predicted octanol–water partition coefficient (Wildman–Crippen LogP) is 1.74. The lowest BCUT2D eigenvalue weighted by Crippen LogP contribution is -2.60. The zero-order chi connectivity index (χ0) is 22.8. The van der Waals surface area contributed by atoms with Crippen LogP contribution in [0.4, 0.5) is 8.78 Å². The van der Waals surface area contributed by atoms with Crippen LogP contribution in [0.1, 0.15) is 46.2 Å². The zero-order valence-electron chi connectivity index (χ0n) is 17.2. The lowest BCUT2D eigenvalue weighted by atomic mass is 9.93. The number of carbonyl (C=O) groups excluding carboxylic acids is 2. The maximum absolute atomic E-state index is 13.8. The van der Waals surface area contributed by atoms with Crippen LogP contribution < -0.4 is 10.7 Å². The van der Waals surface area contributed by atoms with Crippen LogP contribution in [0.15, 0.2) is 29.2 Å². The first-order chi connectivity index (χ1) is 15.2. The number of halogens is 2. The van der Waals surface area contributed by atoms with E-state index in [1.165, 1.54) is 16.8 Å². The molecule has 5 rings (SSSR count). The first-order valence-corrected chi connectivity index (χ1v) is 10.3. The molecule has 2 fully saturated rings. The highest BCUT2D eigenvalue weighted by Gasteiger charge is 2.57. The molecule has 3 heterocycles. The molecule has 0 unspecified atom stereocenters. The summed E-state index contributed by atoms with van der Waals surface area (Å²) in [5.74, 6) is -3.76. The van der Waals surface area contributed by atoms with E-state index in [2.05, 4.69) is 5.32 Å². The van der Waals surface area contributed by atoms with Gasteiger partial charge in [0.15, 0.2) is 17.7 Å². The molecule has 1 spiro atoms. The van der Waals surface area contributed by atoms with Gasteiger partial charge in [-0.3, -0.25) is 14.4 Å². The molecule has 1 saturated heterocycles. The second-order valence-corrected chi connectivity index (χ2v) is 8.66. The Morgan fingerprint density at radius 3 is 2.75 bits per heavy atom. The second kappa shape index (κ2) is 7.13. The summed E-state index contributed by atoms with van der Waals surface area (Å²) >= 11 is 0. The number of fused-ring (bicyclic) bond motifs is 2. The number of ether oxygens (including phenoxy) is 1. The molecule has 2 amide bonds. The highest BCUT2D eigenvalue weighted by Crippen LogP contribution is 2.54. The van der Waals surface area contributed by atoms with E-state index in [1.54, 1.807) is 4.90 Å². The van der Waals surface area contributed by atoms with Gasteiger partial charge >= 0.3 is 0 Å². The van der Waals surface area contributed by atoms with Crippen molar-refractivity contribution in [1.82, 2.24) is 14.8 Å². The summed E-state index contributed by atoms with van der Waals surface area (Å²) in [4.78, 5) is 40.0. The largest absolute Gasteiger partial charge is 0.503 e. The topological polar surface area (TPSA) is 101 Å². The minimum Gasteiger partial charge on any atom is -0.503 e. The number of hydrogen-bond donors (Lipinski definition) is 2. The lowest BCUT2D eigenvalue weighted by molar-refractivity contribution is -0.145. The highest BCUT2D eigenvalue weighted by atomic mass is 19.1. The third-order valence-electron chi connectivity index (χ3n) is 6.81. The van der Waals surface area contributed by atoms with E-state index in [0.717, 1.165) is 18.9 Å². The molecule has 1 aliphatic carbocycles. The first-order valence-electron chi connectivity index (χ1n) is 10.3. The van der Waals surface area contributed by atoms with Gasteiger partial charge in [-0.15, -0.1) is 0 Å². The molecule has 0 radical (unpaired) electrons. The van der Waals surface area contributed by atoms with Gasteiger partial charge in [-0.2, -0.15) is 0 Å². The Kier molecular flexibility index (Phi) is 4.59. The third-order valence-corrected chi connectivity index (χ3v) is 6.81. The number of hydrogen-bond acceptors (Lipinski definition) is 5. The SMILES string of the molecule is C[C@H]1N2C(=O)c3c(O)c(=O)c(C(=O)NCc4ccc(F)cc4F)cn3C[C@@H]2OCC12CC2. The third kappa shape index (κ3) is 3.09. The molecule has 2 aromatic rings. The van der Waals surface area contributed by atoms with Gasteiger partial charge in [-0.1, -0.05) is 6.07 Å². The summed E-state index contributed by atoms with van der Waals surface area (Å²) < 4.78 is 34.1. The molecule has 1 saturated carbocycles. The average Bonchev–Trinajstić information content (AvgIpc) is 3.53. The predicted molar refractivity (Wildman–Crippen MR) is 107 cm³/mol. The molecule has 168 valence electrons. The van der Waals surface area contributed by atoms with E-state index in [9.17, 15) is 28.3 Å². The Balaban J connectivity index is 1.43. The van der Waals surface area contributed by atoms with Crippen molar-refractivity contribution in [3.63, 3.8) is 0 Å². The molecule has 1 aromatic carbocycles. The molecule has 2 aliphatic heterocycles. The van der Waals surface area contributed by atoms with E-state index in [4.69, 9.17) is 4.74 Å². The van der Waals surface area contributed by atoms with Crippen molar-refractivity contribution in [2.75, 3.05) is 6.61 Å². The smallest absolute Gasteiger partial charge is 0.276 e. The van der Waals surface area contributed by atoms with Crippen molar-refractivity contribution in [3.05, 3.63) is 63.1 Å². The Hall–Kier alpha value is -3.27. The molecule has 10 heteroatoms. The fourth-order valence-corrected chi connectivity index (χ4v) is 4.58. The van der Waals surface area contributed by atoms with Crippen LogP contribution >= 0.6 is 0 Å². The van der Waals surface area contributed by atoms with E-state index < -0.39 is 46.4 Å². The van der Waals surface area contributed by atoms with Crippen molar-refractivity contribution >= 4 is 11.8 Å². The van der Waals surface area contributed by atoms with Gasteiger partial charge in [-0.25, -0.2) is 8.78 Å². The highest BCUT2D eigenvalue weighted by molar-refractivity contribution is 5.99. The van der Waals surface area contributed by atoms with Crippen LogP contribution in [-0.2, 0) is 17.8 Å². The minimum absolute atomic E-state index is 0.0338. The molecule has 32 heavy (non-hydrogen) atoms. The summed E-state index contributed by atoms with van der Waals surface area (Å²) in [6, 6.07) is 2.84. The normalized spacial score (nSPS) is 23.0. The molecule has 8 nitrogen and oxygen atoms in total. The first kappa shape index (κ1) is 20.6. The van der Waals surface area contributed by atoms with Crippen LogP contribution in [0.25, 0.3) is 0 Å². The summed E-state index contributed by atoms with van der Waals surface area (Å²) in [6.45, 7) is 2.34. The van der Waals surface area contributed by atoms with Crippen LogP contribution in [-0.4, -0.2) is 45.3 Å². The number of rotatable bonds is 3. The van der Waals surface area contributed by atoms with Crippen molar-refractivity contribution in [2.24, 2.45) is 5.41 Å². The number of pyridine rings is 1. The van der Waals surface area contributed by atoms with Gasteiger partial charge in [0.05, 0.1) is 13.2 Å². The second-order valence-electron chi connectivity index (χ2n) is 8.66. The Bertz CT molecular complexity index is 1210. The van der Waals surface area contributed by atoms with Gasteiger partial charge in [0.1, 0.15) is 17.2 Å². The molecule has 2 N–H and O–H groups in total. The van der Waals surface area contributed by atoms with Gasteiger partial charge in [-0.05, 0) is 25.8 Å². The van der Waals surface area contributed by atoms with Gasteiger partial charge in [0, 0.05) is 35.8 Å². The molecule has 2 atom stereocenters. The maximum Gasteiger partial charge on any atom is 0.276 e. The molecule has 1 aromatic heterocycles. The van der Waals surface area contributed by atoms with E-state index >= 15 is 0 Å². The van der Waals surface area contributed by atoms with Crippen LogP contribution in [0.5, 0.6) is 5.75 Å². The van der Waals surface area contributed by atoms with E-state index in [-0.39, 0.29) is 35.8 Å². The van der Waals surface area contributed by atoms with Crippen molar-refractivity contribution in [2.45, 2.75) is 45.1 Å². The Morgan fingerprint density at radius 1 is 1.31 bits per heavy atom. The molecule has 3 aliphatic rings. The van der Waals surface area contributed by atoms with Gasteiger partial charge in [0.2, 0.25) is 5.43 Å². The van der Waals surface area contributed by atoms with Crippen molar-refractivity contribution in [1.29, 1.82) is 0 Å². The van der Waals surface area contributed by atoms with Crippen LogP contribution in [0, 0.1) is 17.0 Å². The monoisotopic (exact) mass is 445 g/mol. The van der Waals surface area contributed by atoms with Crippen LogP contribution in [0.3, 0.4) is 0 Å². The van der Waals surface area contributed by atoms with Crippen molar-refractivity contribution in [3.8, 4) is 5.75 Å². The maximum atomic E-state index is 13.8. The van der Waals surface area contributed by atoms with Gasteiger partial charge in [0.25, 0.3) is 11.8 Å². The quantitative estimate of drug-likeness (QED) is 0.750. The van der Waals surface area contributed by atoms with Crippen molar-refractivity contribution < 1.29 is 28.2 Å². The van der Waals surface area contributed by atoms with E-state index in [0.29, 0.717) is 12.7 Å². The average molecular weight is 445 g/mol. The number of carbonyl (C=O) groups is 2. The summed E-state index contributed by atoms with van der Waals surface area (Å²) in [6.07, 6.45) is 2.55. The number of benzene rings is 1. The number of aromatic nitrogens is 1.